The molecule has 0 unspecified atom stereocenters. The Hall–Kier alpha value is -2.21. The molecule has 110 valence electrons. The van der Waals surface area contributed by atoms with Crippen LogP contribution in [0, 0.1) is 0 Å². The molecule has 0 aliphatic heterocycles. The van der Waals surface area contributed by atoms with Gasteiger partial charge in [0.05, 0.1) is 18.5 Å². The van der Waals surface area contributed by atoms with Crippen LogP contribution in [0.1, 0.15) is 29.9 Å². The molecule has 0 atom stereocenters. The number of halogens is 1. The maximum absolute atomic E-state index is 11.9. The molecule has 0 saturated heterocycles. The standard InChI is InChI=1S/C14H15ClN4O2/c1-9(2)21-14-10(4-3-5-16-14)6-19-13(20)11-7-18-12(15)8-17-11/h3-5,7-9H,6H2,1-2H3,(H,19,20). The molecule has 6 nitrogen and oxygen atoms in total. The number of hydrogen-bond donors (Lipinski definition) is 1. The number of nitrogens with zero attached hydrogens (tertiary/aromatic N) is 3. The van der Waals surface area contributed by atoms with Crippen molar-refractivity contribution in [1.82, 2.24) is 20.3 Å². The third-order valence-corrected chi connectivity index (χ3v) is 2.68. The van der Waals surface area contributed by atoms with Crippen LogP contribution in [0.3, 0.4) is 0 Å². The fourth-order valence-corrected chi connectivity index (χ4v) is 1.68. The van der Waals surface area contributed by atoms with Crippen molar-refractivity contribution in [3.05, 3.63) is 47.1 Å². The molecule has 0 fully saturated rings. The Morgan fingerprint density at radius 1 is 1.33 bits per heavy atom. The summed E-state index contributed by atoms with van der Waals surface area (Å²) in [5.41, 5.74) is 0.996. The van der Waals surface area contributed by atoms with Crippen molar-refractivity contribution in [2.45, 2.75) is 26.5 Å². The van der Waals surface area contributed by atoms with Gasteiger partial charge >= 0.3 is 0 Å². The van der Waals surface area contributed by atoms with Crippen molar-refractivity contribution >= 4 is 17.5 Å². The third-order valence-electron chi connectivity index (χ3n) is 2.49. The largest absolute Gasteiger partial charge is 0.475 e. The number of hydrogen-bond acceptors (Lipinski definition) is 5. The zero-order valence-corrected chi connectivity index (χ0v) is 12.5. The lowest BCUT2D eigenvalue weighted by atomic mass is 10.2. The first-order valence-electron chi connectivity index (χ1n) is 6.42. The van der Waals surface area contributed by atoms with Gasteiger partial charge in [-0.05, 0) is 19.9 Å². The topological polar surface area (TPSA) is 77.0 Å². The molecule has 0 bridgehead atoms. The molecule has 0 aliphatic rings. The third kappa shape index (κ3) is 4.39. The Morgan fingerprint density at radius 2 is 2.14 bits per heavy atom. The fraction of sp³-hybridized carbons (Fsp3) is 0.286. The number of ether oxygens (including phenoxy) is 1. The van der Waals surface area contributed by atoms with E-state index in [-0.39, 0.29) is 22.9 Å². The summed E-state index contributed by atoms with van der Waals surface area (Å²) in [6.07, 6.45) is 4.31. The summed E-state index contributed by atoms with van der Waals surface area (Å²) >= 11 is 5.63. The minimum atomic E-state index is -0.335. The molecule has 0 aromatic carbocycles. The number of nitrogens with one attached hydrogen (secondary N) is 1. The van der Waals surface area contributed by atoms with Crippen LogP contribution >= 0.6 is 11.6 Å². The Balaban J connectivity index is 2.02. The molecule has 0 radical (unpaired) electrons. The maximum atomic E-state index is 11.9. The number of carbonyl (C=O) groups is 1. The molecule has 2 rings (SSSR count). The van der Waals surface area contributed by atoms with E-state index in [4.69, 9.17) is 16.3 Å². The van der Waals surface area contributed by atoms with Crippen LogP contribution in [0.2, 0.25) is 5.15 Å². The van der Waals surface area contributed by atoms with E-state index in [0.717, 1.165) is 5.56 Å². The summed E-state index contributed by atoms with van der Waals surface area (Å²) in [4.78, 5) is 23.8. The molecule has 7 heteroatoms. The van der Waals surface area contributed by atoms with Crippen LogP contribution in [0.15, 0.2) is 30.7 Å². The maximum Gasteiger partial charge on any atom is 0.271 e. The van der Waals surface area contributed by atoms with Crippen molar-refractivity contribution < 1.29 is 9.53 Å². The van der Waals surface area contributed by atoms with Gasteiger partial charge in [0.1, 0.15) is 10.8 Å². The predicted octanol–water partition coefficient (Wildman–Crippen LogP) is 2.24. The average molecular weight is 307 g/mol. The van der Waals surface area contributed by atoms with Gasteiger partial charge in [-0.3, -0.25) is 4.79 Å². The highest BCUT2D eigenvalue weighted by Gasteiger charge is 2.11. The van der Waals surface area contributed by atoms with E-state index in [1.54, 1.807) is 12.3 Å². The van der Waals surface area contributed by atoms with Crippen molar-refractivity contribution in [3.63, 3.8) is 0 Å². The first kappa shape index (κ1) is 15.2. The van der Waals surface area contributed by atoms with Gasteiger partial charge in [0, 0.05) is 18.3 Å². The number of pyridine rings is 1. The molecule has 2 aromatic rings. The van der Waals surface area contributed by atoms with E-state index in [1.807, 2.05) is 19.9 Å². The molecular formula is C14H15ClN4O2. The second kappa shape index (κ2) is 6.99. The lowest BCUT2D eigenvalue weighted by molar-refractivity contribution is 0.0945. The Morgan fingerprint density at radius 3 is 2.81 bits per heavy atom. The number of aromatic nitrogens is 3. The van der Waals surface area contributed by atoms with Crippen LogP contribution in [0.25, 0.3) is 0 Å². The van der Waals surface area contributed by atoms with Crippen LogP contribution in [-0.4, -0.2) is 27.0 Å². The number of rotatable bonds is 5. The quantitative estimate of drug-likeness (QED) is 0.916. The SMILES string of the molecule is CC(C)Oc1ncccc1CNC(=O)c1cnc(Cl)cn1. The van der Waals surface area contributed by atoms with Gasteiger partial charge in [0.15, 0.2) is 0 Å². The molecular weight excluding hydrogens is 292 g/mol. The summed E-state index contributed by atoms with van der Waals surface area (Å²) < 4.78 is 5.59. The van der Waals surface area contributed by atoms with E-state index >= 15 is 0 Å². The lowest BCUT2D eigenvalue weighted by Crippen LogP contribution is -2.24. The summed E-state index contributed by atoms with van der Waals surface area (Å²) in [5.74, 6) is 0.175. The minimum Gasteiger partial charge on any atom is -0.475 e. The molecule has 1 N–H and O–H groups in total. The van der Waals surface area contributed by atoms with E-state index in [1.165, 1.54) is 12.4 Å². The van der Waals surface area contributed by atoms with Gasteiger partial charge in [0.25, 0.3) is 5.91 Å². The minimum absolute atomic E-state index is 0.0106. The van der Waals surface area contributed by atoms with E-state index < -0.39 is 0 Å². The molecule has 1 amide bonds. The summed E-state index contributed by atoms with van der Waals surface area (Å²) in [6, 6.07) is 3.63. The van der Waals surface area contributed by atoms with Crippen molar-refractivity contribution in [3.8, 4) is 5.88 Å². The molecule has 0 aliphatic carbocycles. The van der Waals surface area contributed by atoms with Gasteiger partial charge in [-0.2, -0.15) is 0 Å². The first-order valence-corrected chi connectivity index (χ1v) is 6.80. The van der Waals surface area contributed by atoms with Crippen molar-refractivity contribution in [1.29, 1.82) is 0 Å². The highest BCUT2D eigenvalue weighted by molar-refractivity contribution is 6.29. The van der Waals surface area contributed by atoms with Gasteiger partial charge in [-0.1, -0.05) is 17.7 Å². The van der Waals surface area contributed by atoms with Crippen LogP contribution < -0.4 is 10.1 Å². The summed E-state index contributed by atoms with van der Waals surface area (Å²) in [7, 11) is 0. The number of amides is 1. The van der Waals surface area contributed by atoms with Gasteiger partial charge in [0.2, 0.25) is 5.88 Å². The average Bonchev–Trinajstić information content (AvgIpc) is 2.46. The van der Waals surface area contributed by atoms with Gasteiger partial charge in [-0.25, -0.2) is 15.0 Å². The van der Waals surface area contributed by atoms with Crippen molar-refractivity contribution in [2.24, 2.45) is 0 Å². The molecule has 0 spiro atoms. The van der Waals surface area contributed by atoms with Crippen LogP contribution in [0.4, 0.5) is 0 Å². The second-order valence-electron chi connectivity index (χ2n) is 4.54. The predicted molar refractivity (Wildman–Crippen MR) is 78.2 cm³/mol. The molecule has 0 saturated carbocycles. The second-order valence-corrected chi connectivity index (χ2v) is 4.93. The first-order chi connectivity index (χ1) is 10.1. The van der Waals surface area contributed by atoms with E-state index in [0.29, 0.717) is 12.4 Å². The lowest BCUT2D eigenvalue weighted by Gasteiger charge is -2.13. The zero-order chi connectivity index (χ0) is 15.2. The zero-order valence-electron chi connectivity index (χ0n) is 11.7. The molecule has 21 heavy (non-hydrogen) atoms. The van der Waals surface area contributed by atoms with Crippen LogP contribution in [0.5, 0.6) is 5.88 Å². The van der Waals surface area contributed by atoms with E-state index in [2.05, 4.69) is 20.3 Å². The Kier molecular flexibility index (Phi) is 5.05. The van der Waals surface area contributed by atoms with Gasteiger partial charge < -0.3 is 10.1 Å². The normalized spacial score (nSPS) is 10.5. The number of carbonyl (C=O) groups excluding carboxylic acids is 1. The monoisotopic (exact) mass is 306 g/mol. The smallest absolute Gasteiger partial charge is 0.271 e. The fourth-order valence-electron chi connectivity index (χ4n) is 1.58. The molecule has 2 heterocycles. The van der Waals surface area contributed by atoms with Crippen LogP contribution in [-0.2, 0) is 6.54 Å². The highest BCUT2D eigenvalue weighted by Crippen LogP contribution is 2.15. The Bertz CT molecular complexity index is 617. The highest BCUT2D eigenvalue weighted by atomic mass is 35.5. The van der Waals surface area contributed by atoms with Crippen molar-refractivity contribution in [2.75, 3.05) is 0 Å². The van der Waals surface area contributed by atoms with Gasteiger partial charge in [-0.15, -0.1) is 0 Å². The Labute approximate surface area is 127 Å². The summed E-state index contributed by atoms with van der Waals surface area (Å²) in [6.45, 7) is 4.12. The van der Waals surface area contributed by atoms with E-state index in [9.17, 15) is 4.79 Å². The molecule has 2 aromatic heterocycles. The summed E-state index contributed by atoms with van der Waals surface area (Å²) in [5, 5.41) is 2.99.